The number of H-pyrrole nitrogens is 1. The largest absolute Gasteiger partial charge is 0.545 e. The molecule has 1 aromatic heterocycles. The van der Waals surface area contributed by atoms with E-state index in [1.165, 1.54) is 24.3 Å². The summed E-state index contributed by atoms with van der Waals surface area (Å²) < 4.78 is 0. The van der Waals surface area contributed by atoms with E-state index in [4.69, 9.17) is 0 Å². The Hall–Kier alpha value is -4.01. The topological polar surface area (TPSA) is 147 Å². The van der Waals surface area contributed by atoms with Gasteiger partial charge >= 0.3 is 11.8 Å². The van der Waals surface area contributed by atoms with Crippen molar-refractivity contribution < 1.29 is 24.6 Å². The Morgan fingerprint density at radius 1 is 1.04 bits per heavy atom. The molecule has 3 aromatic rings. The SMILES string of the molecule is O=C(N=Nc1c(O)[nH]c2ccccc12)C(=O)Nc1ccc(C(=O)[O-])cc1. The highest BCUT2D eigenvalue weighted by Gasteiger charge is 2.15. The fourth-order valence-electron chi connectivity index (χ4n) is 2.23. The van der Waals surface area contributed by atoms with Crippen molar-refractivity contribution in [2.45, 2.75) is 0 Å². The zero-order valence-electron chi connectivity index (χ0n) is 13.1. The van der Waals surface area contributed by atoms with E-state index in [9.17, 15) is 24.6 Å². The molecule has 3 rings (SSSR count). The van der Waals surface area contributed by atoms with E-state index in [0.717, 1.165) is 0 Å². The number of carboxylic acids is 1. The molecule has 0 radical (unpaired) electrons. The number of hydrogen-bond acceptors (Lipinski definition) is 6. The first-order valence-corrected chi connectivity index (χ1v) is 7.34. The van der Waals surface area contributed by atoms with Crippen molar-refractivity contribution in [3.8, 4) is 5.88 Å². The first-order valence-electron chi connectivity index (χ1n) is 7.34. The molecule has 0 aliphatic rings. The van der Waals surface area contributed by atoms with Crippen molar-refractivity contribution in [1.82, 2.24) is 4.98 Å². The third-order valence-corrected chi connectivity index (χ3v) is 3.47. The highest BCUT2D eigenvalue weighted by atomic mass is 16.4. The van der Waals surface area contributed by atoms with Gasteiger partial charge in [0.1, 0.15) is 0 Å². The van der Waals surface area contributed by atoms with Gasteiger partial charge in [-0.2, -0.15) is 0 Å². The molecule has 0 bridgehead atoms. The van der Waals surface area contributed by atoms with Crippen LogP contribution in [0, 0.1) is 0 Å². The predicted octanol–water partition coefficient (Wildman–Crippen LogP) is 1.49. The standard InChI is InChI=1S/C17H12N4O5/c22-14-13(11-3-1-2-4-12(11)19-14)20-21-16(24)15(23)18-10-7-5-9(6-8-10)17(25)26/h1-8,19,22H,(H,18,23)(H,25,26)/p-1. The Kier molecular flexibility index (Phi) is 4.44. The number of aromatic nitrogens is 1. The molecule has 0 fully saturated rings. The highest BCUT2D eigenvalue weighted by molar-refractivity contribution is 6.40. The van der Waals surface area contributed by atoms with Crippen molar-refractivity contribution in [3.05, 3.63) is 54.1 Å². The van der Waals surface area contributed by atoms with Gasteiger partial charge < -0.3 is 25.3 Å². The number of benzene rings is 2. The van der Waals surface area contributed by atoms with Crippen molar-refractivity contribution in [1.29, 1.82) is 0 Å². The number of carbonyl (C=O) groups excluding carboxylic acids is 3. The number of para-hydroxylation sites is 1. The summed E-state index contributed by atoms with van der Waals surface area (Å²) in [6.45, 7) is 0. The molecule has 9 heteroatoms. The number of anilines is 1. The fraction of sp³-hybridized carbons (Fsp3) is 0. The maximum atomic E-state index is 11.8. The van der Waals surface area contributed by atoms with Gasteiger partial charge in [0.15, 0.2) is 5.69 Å². The summed E-state index contributed by atoms with van der Waals surface area (Å²) in [5.74, 6) is -3.87. The molecule has 0 unspecified atom stereocenters. The van der Waals surface area contributed by atoms with Crippen LogP contribution in [0.4, 0.5) is 11.4 Å². The van der Waals surface area contributed by atoms with Crippen LogP contribution in [0.25, 0.3) is 10.9 Å². The number of amides is 2. The van der Waals surface area contributed by atoms with Crippen LogP contribution >= 0.6 is 0 Å². The van der Waals surface area contributed by atoms with Crippen molar-refractivity contribution in [2.75, 3.05) is 5.32 Å². The number of aromatic carboxylic acids is 1. The molecular weight excluding hydrogens is 340 g/mol. The molecule has 3 N–H and O–H groups in total. The van der Waals surface area contributed by atoms with Crippen LogP contribution < -0.4 is 10.4 Å². The van der Waals surface area contributed by atoms with E-state index < -0.39 is 17.8 Å². The van der Waals surface area contributed by atoms with Gasteiger partial charge in [0.25, 0.3) is 0 Å². The van der Waals surface area contributed by atoms with Gasteiger partial charge in [-0.15, -0.1) is 10.2 Å². The molecular formula is C17H11N4O5-. The summed E-state index contributed by atoms with van der Waals surface area (Å²) in [6, 6.07) is 11.9. The van der Waals surface area contributed by atoms with Crippen molar-refractivity contribution in [3.63, 3.8) is 0 Å². The number of aromatic hydroxyl groups is 1. The number of hydrogen-bond donors (Lipinski definition) is 3. The van der Waals surface area contributed by atoms with Crippen LogP contribution in [0.2, 0.25) is 0 Å². The lowest BCUT2D eigenvalue weighted by molar-refractivity contribution is -0.255. The maximum absolute atomic E-state index is 11.8. The van der Waals surface area contributed by atoms with Gasteiger partial charge in [-0.25, -0.2) is 0 Å². The average Bonchev–Trinajstić information content (AvgIpc) is 2.95. The van der Waals surface area contributed by atoms with Gasteiger partial charge in [-0.1, -0.05) is 30.3 Å². The van der Waals surface area contributed by atoms with E-state index in [1.807, 2.05) is 0 Å². The Morgan fingerprint density at radius 3 is 2.42 bits per heavy atom. The third kappa shape index (κ3) is 3.41. The van der Waals surface area contributed by atoms with Crippen LogP contribution in [-0.2, 0) is 9.59 Å². The third-order valence-electron chi connectivity index (χ3n) is 3.47. The van der Waals surface area contributed by atoms with Crippen molar-refractivity contribution >= 4 is 40.1 Å². The summed E-state index contributed by atoms with van der Waals surface area (Å²) in [5.41, 5.74) is 0.784. The molecule has 9 nitrogen and oxygen atoms in total. The summed E-state index contributed by atoms with van der Waals surface area (Å²) in [5, 5.41) is 30.2. The van der Waals surface area contributed by atoms with Crippen LogP contribution in [0.15, 0.2) is 58.8 Å². The second-order valence-corrected chi connectivity index (χ2v) is 5.19. The van der Waals surface area contributed by atoms with Crippen LogP contribution in [0.5, 0.6) is 5.88 Å². The average molecular weight is 351 g/mol. The van der Waals surface area contributed by atoms with Gasteiger partial charge in [-0.05, 0) is 23.8 Å². The number of carboxylic acid groups (broad SMARTS) is 1. The molecule has 0 saturated carbocycles. The summed E-state index contributed by atoms with van der Waals surface area (Å²) in [4.78, 5) is 37.0. The van der Waals surface area contributed by atoms with Crippen LogP contribution in [0.1, 0.15) is 10.4 Å². The lowest BCUT2D eigenvalue weighted by Crippen LogP contribution is -2.23. The molecule has 0 aliphatic carbocycles. The number of carbonyl (C=O) groups is 3. The number of azo groups is 1. The Morgan fingerprint density at radius 2 is 1.73 bits per heavy atom. The van der Waals surface area contributed by atoms with Crippen LogP contribution in [0.3, 0.4) is 0 Å². The normalized spacial score (nSPS) is 10.9. The summed E-state index contributed by atoms with van der Waals surface area (Å²) in [7, 11) is 0. The smallest absolute Gasteiger partial charge is 0.353 e. The molecule has 26 heavy (non-hydrogen) atoms. The maximum Gasteiger partial charge on any atom is 0.353 e. The minimum Gasteiger partial charge on any atom is -0.545 e. The highest BCUT2D eigenvalue weighted by Crippen LogP contribution is 2.35. The first kappa shape index (κ1) is 16.8. The first-order chi connectivity index (χ1) is 12.5. The summed E-state index contributed by atoms with van der Waals surface area (Å²) in [6.07, 6.45) is 0. The molecule has 1 heterocycles. The molecule has 2 amide bonds. The Labute approximate surface area is 146 Å². The molecule has 0 spiro atoms. The number of fused-ring (bicyclic) bond motifs is 1. The van der Waals surface area contributed by atoms with Gasteiger partial charge in [0, 0.05) is 11.1 Å². The Balaban J connectivity index is 1.72. The summed E-state index contributed by atoms with van der Waals surface area (Å²) >= 11 is 0. The minimum absolute atomic E-state index is 0.0417. The number of rotatable bonds is 3. The van der Waals surface area contributed by atoms with Gasteiger partial charge in [0.05, 0.1) is 11.5 Å². The van der Waals surface area contributed by atoms with E-state index >= 15 is 0 Å². The van der Waals surface area contributed by atoms with Crippen molar-refractivity contribution in [2.24, 2.45) is 10.2 Å². The lowest BCUT2D eigenvalue weighted by atomic mass is 10.2. The fourth-order valence-corrected chi connectivity index (χ4v) is 2.23. The second kappa shape index (κ2) is 6.85. The predicted molar refractivity (Wildman–Crippen MR) is 88.9 cm³/mol. The van der Waals surface area contributed by atoms with E-state index in [2.05, 4.69) is 20.5 Å². The van der Waals surface area contributed by atoms with Gasteiger partial charge in [-0.3, -0.25) is 9.59 Å². The quantitative estimate of drug-likeness (QED) is 0.483. The molecule has 130 valence electrons. The number of aromatic amines is 1. The van der Waals surface area contributed by atoms with Gasteiger partial charge in [0.2, 0.25) is 5.88 Å². The van der Waals surface area contributed by atoms with E-state index in [-0.39, 0.29) is 22.8 Å². The second-order valence-electron chi connectivity index (χ2n) is 5.19. The minimum atomic E-state index is -1.36. The van der Waals surface area contributed by atoms with E-state index in [1.54, 1.807) is 24.3 Å². The zero-order valence-corrected chi connectivity index (χ0v) is 13.1. The molecule has 0 atom stereocenters. The van der Waals surface area contributed by atoms with Crippen LogP contribution in [-0.4, -0.2) is 27.9 Å². The molecule has 2 aromatic carbocycles. The Bertz CT molecular complexity index is 1040. The van der Waals surface area contributed by atoms with E-state index in [0.29, 0.717) is 10.9 Å². The monoisotopic (exact) mass is 351 g/mol. The lowest BCUT2D eigenvalue weighted by Gasteiger charge is -2.05. The zero-order chi connectivity index (χ0) is 18.7. The number of nitrogens with zero attached hydrogens (tertiary/aromatic N) is 2. The number of nitrogens with one attached hydrogen (secondary N) is 2. The molecule has 0 aliphatic heterocycles. The molecule has 0 saturated heterocycles.